The summed E-state index contributed by atoms with van der Waals surface area (Å²) in [6.07, 6.45) is 3.61. The van der Waals surface area contributed by atoms with Crippen LogP contribution in [0.15, 0.2) is 64.4 Å². The summed E-state index contributed by atoms with van der Waals surface area (Å²) in [4.78, 5) is 12.2. The average Bonchev–Trinajstić information content (AvgIpc) is 3.25. The molecule has 0 fully saturated rings. The van der Waals surface area contributed by atoms with Gasteiger partial charge in [0.25, 0.3) is 5.91 Å². The fourth-order valence-electron chi connectivity index (χ4n) is 3.09. The van der Waals surface area contributed by atoms with Gasteiger partial charge in [-0.1, -0.05) is 48.2 Å². The molecule has 0 saturated carbocycles. The zero-order valence-corrected chi connectivity index (χ0v) is 19.9. The molecule has 0 unspecified atom stereocenters. The van der Waals surface area contributed by atoms with E-state index in [1.54, 1.807) is 20.4 Å². The number of thioether (sulfide) groups is 1. The molecule has 1 amide bonds. The summed E-state index contributed by atoms with van der Waals surface area (Å²) in [6.45, 7) is 4.59. The van der Waals surface area contributed by atoms with Crippen LogP contribution in [-0.4, -0.2) is 46.9 Å². The van der Waals surface area contributed by atoms with Crippen molar-refractivity contribution in [3.63, 3.8) is 0 Å². The summed E-state index contributed by atoms with van der Waals surface area (Å²) in [5.41, 5.74) is 5.41. The number of allylic oxidation sites excluding steroid dienone is 1. The van der Waals surface area contributed by atoms with Crippen LogP contribution in [0.4, 0.5) is 0 Å². The lowest BCUT2D eigenvalue weighted by molar-refractivity contribution is -0.118. The number of nitrogens with zero attached hydrogens (tertiary/aromatic N) is 4. The maximum atomic E-state index is 12.2. The summed E-state index contributed by atoms with van der Waals surface area (Å²) in [5, 5.41) is 13.3. The Morgan fingerprint density at radius 2 is 1.88 bits per heavy atom. The Hall–Kier alpha value is -3.59. The molecule has 0 spiro atoms. The first-order valence-corrected chi connectivity index (χ1v) is 11.4. The van der Waals surface area contributed by atoms with Crippen molar-refractivity contribution in [3.8, 4) is 22.9 Å². The molecular weight excluding hydrogens is 438 g/mol. The summed E-state index contributed by atoms with van der Waals surface area (Å²) < 4.78 is 12.6. The highest BCUT2D eigenvalue weighted by Crippen LogP contribution is 2.32. The van der Waals surface area contributed by atoms with E-state index in [1.807, 2.05) is 73.0 Å². The first-order chi connectivity index (χ1) is 16.0. The Balaban J connectivity index is 1.61. The van der Waals surface area contributed by atoms with Crippen molar-refractivity contribution in [2.45, 2.75) is 25.5 Å². The van der Waals surface area contributed by atoms with E-state index in [0.29, 0.717) is 29.0 Å². The van der Waals surface area contributed by atoms with Gasteiger partial charge in [-0.3, -0.25) is 4.79 Å². The van der Waals surface area contributed by atoms with E-state index in [1.165, 1.54) is 11.8 Å². The molecule has 172 valence electrons. The molecular formula is C24H27N5O3S. The number of carbonyl (C=O) groups excluding carboxylic acids is 1. The van der Waals surface area contributed by atoms with E-state index >= 15 is 0 Å². The minimum absolute atomic E-state index is 0.169. The Labute approximate surface area is 197 Å². The number of aromatic nitrogens is 3. The van der Waals surface area contributed by atoms with Crippen LogP contribution in [0.1, 0.15) is 19.4 Å². The van der Waals surface area contributed by atoms with Crippen LogP contribution in [0.5, 0.6) is 11.5 Å². The van der Waals surface area contributed by atoms with Gasteiger partial charge in [0.15, 0.2) is 22.5 Å². The topological polar surface area (TPSA) is 90.6 Å². The predicted octanol–water partition coefficient (Wildman–Crippen LogP) is 4.28. The fraction of sp³-hybridized carbons (Fsp3) is 0.250. The van der Waals surface area contributed by atoms with E-state index in [9.17, 15) is 4.79 Å². The van der Waals surface area contributed by atoms with Crippen molar-refractivity contribution >= 4 is 30.0 Å². The largest absolute Gasteiger partial charge is 0.493 e. The standard InChI is InChI=1S/C24H27N5O3S/c1-5-29-23(19-11-12-20(31-3)21(14-19)32-4)27-28-24(29)33-16-22(30)26-25-15-17(2)13-18-9-7-6-8-10-18/h6-15H,5,16H2,1-4H3,(H,26,30)/b17-13+,25-15+. The number of nitrogens with one attached hydrogen (secondary N) is 1. The van der Waals surface area contributed by atoms with Gasteiger partial charge in [0, 0.05) is 12.1 Å². The molecule has 1 heterocycles. The predicted molar refractivity (Wildman–Crippen MR) is 132 cm³/mol. The Kier molecular flexibility index (Phi) is 8.65. The van der Waals surface area contributed by atoms with Crippen LogP contribution >= 0.6 is 11.8 Å². The van der Waals surface area contributed by atoms with Gasteiger partial charge in [0.2, 0.25) is 0 Å². The van der Waals surface area contributed by atoms with Crippen molar-refractivity contribution in [2.75, 3.05) is 20.0 Å². The lowest BCUT2D eigenvalue weighted by atomic mass is 10.1. The SMILES string of the molecule is CCn1c(SCC(=O)N/N=C/C(C)=C/c2ccccc2)nnc1-c1ccc(OC)c(OC)c1. The van der Waals surface area contributed by atoms with Crippen LogP contribution < -0.4 is 14.9 Å². The number of hydrogen-bond acceptors (Lipinski definition) is 7. The second-order valence-corrected chi connectivity index (χ2v) is 7.94. The number of methoxy groups -OCH3 is 2. The van der Waals surface area contributed by atoms with E-state index < -0.39 is 0 Å². The molecule has 3 rings (SSSR count). The van der Waals surface area contributed by atoms with Gasteiger partial charge < -0.3 is 14.0 Å². The van der Waals surface area contributed by atoms with Crippen molar-refractivity contribution in [3.05, 3.63) is 59.7 Å². The molecule has 0 saturated heterocycles. The van der Waals surface area contributed by atoms with Crippen LogP contribution in [-0.2, 0) is 11.3 Å². The summed E-state index contributed by atoms with van der Waals surface area (Å²) in [5.74, 6) is 1.90. The molecule has 8 nitrogen and oxygen atoms in total. The van der Waals surface area contributed by atoms with Crippen LogP contribution in [0.25, 0.3) is 17.5 Å². The lowest BCUT2D eigenvalue weighted by Gasteiger charge is -2.10. The molecule has 0 aliphatic heterocycles. The van der Waals surface area contributed by atoms with Gasteiger partial charge in [-0.05, 0) is 43.2 Å². The number of ether oxygens (including phenoxy) is 2. The normalized spacial score (nSPS) is 11.6. The fourth-order valence-corrected chi connectivity index (χ4v) is 3.88. The number of benzene rings is 2. The number of rotatable bonds is 10. The van der Waals surface area contributed by atoms with Gasteiger partial charge >= 0.3 is 0 Å². The number of hydrazone groups is 1. The van der Waals surface area contributed by atoms with E-state index in [4.69, 9.17) is 9.47 Å². The van der Waals surface area contributed by atoms with Crippen molar-refractivity contribution in [2.24, 2.45) is 5.10 Å². The van der Waals surface area contributed by atoms with E-state index in [2.05, 4.69) is 20.7 Å². The average molecular weight is 466 g/mol. The molecule has 0 bridgehead atoms. The van der Waals surface area contributed by atoms with E-state index in [-0.39, 0.29) is 11.7 Å². The monoisotopic (exact) mass is 465 g/mol. The highest BCUT2D eigenvalue weighted by molar-refractivity contribution is 7.99. The highest BCUT2D eigenvalue weighted by atomic mass is 32.2. The van der Waals surface area contributed by atoms with Gasteiger partial charge in [-0.25, -0.2) is 5.43 Å². The highest BCUT2D eigenvalue weighted by Gasteiger charge is 2.16. The van der Waals surface area contributed by atoms with Crippen molar-refractivity contribution < 1.29 is 14.3 Å². The molecule has 1 aromatic heterocycles. The van der Waals surface area contributed by atoms with Crippen molar-refractivity contribution in [1.82, 2.24) is 20.2 Å². The molecule has 1 N–H and O–H groups in total. The van der Waals surface area contributed by atoms with Gasteiger partial charge in [0.1, 0.15) is 0 Å². The van der Waals surface area contributed by atoms with Gasteiger partial charge in [-0.15, -0.1) is 10.2 Å². The molecule has 0 aliphatic carbocycles. The third-order valence-electron chi connectivity index (χ3n) is 4.66. The summed E-state index contributed by atoms with van der Waals surface area (Å²) in [7, 11) is 3.18. The Morgan fingerprint density at radius 1 is 1.12 bits per heavy atom. The zero-order chi connectivity index (χ0) is 23.6. The van der Waals surface area contributed by atoms with Crippen LogP contribution in [0, 0.1) is 0 Å². The molecule has 3 aromatic rings. The minimum atomic E-state index is -0.220. The lowest BCUT2D eigenvalue weighted by Crippen LogP contribution is -2.20. The zero-order valence-electron chi connectivity index (χ0n) is 19.1. The third kappa shape index (κ3) is 6.45. The van der Waals surface area contributed by atoms with E-state index in [0.717, 1.165) is 16.7 Å². The maximum Gasteiger partial charge on any atom is 0.250 e. The minimum Gasteiger partial charge on any atom is -0.493 e. The maximum absolute atomic E-state index is 12.2. The molecule has 9 heteroatoms. The summed E-state index contributed by atoms with van der Waals surface area (Å²) >= 11 is 1.31. The smallest absolute Gasteiger partial charge is 0.250 e. The Bertz CT molecular complexity index is 1140. The van der Waals surface area contributed by atoms with Crippen LogP contribution in [0.2, 0.25) is 0 Å². The number of amides is 1. The van der Waals surface area contributed by atoms with Gasteiger partial charge in [-0.2, -0.15) is 5.10 Å². The quantitative estimate of drug-likeness (QED) is 0.273. The number of hydrogen-bond donors (Lipinski definition) is 1. The van der Waals surface area contributed by atoms with Crippen LogP contribution in [0.3, 0.4) is 0 Å². The summed E-state index contributed by atoms with van der Waals surface area (Å²) in [6, 6.07) is 15.5. The van der Waals surface area contributed by atoms with Gasteiger partial charge in [0.05, 0.1) is 26.2 Å². The third-order valence-corrected chi connectivity index (χ3v) is 5.63. The molecule has 2 aromatic carbocycles. The van der Waals surface area contributed by atoms with Crippen molar-refractivity contribution in [1.29, 1.82) is 0 Å². The second kappa shape index (κ2) is 11.9. The Morgan fingerprint density at radius 3 is 2.58 bits per heavy atom. The molecule has 0 atom stereocenters. The number of carbonyl (C=O) groups is 1. The molecule has 33 heavy (non-hydrogen) atoms. The molecule has 0 radical (unpaired) electrons. The molecule has 0 aliphatic rings. The first kappa shape index (κ1) is 24.1. The second-order valence-electron chi connectivity index (χ2n) is 7.00. The first-order valence-electron chi connectivity index (χ1n) is 10.4.